The van der Waals surface area contributed by atoms with E-state index in [1.165, 1.54) is 15.2 Å². The average molecular weight is 423 g/mol. The van der Waals surface area contributed by atoms with Gasteiger partial charge in [0, 0.05) is 23.4 Å². The fraction of sp³-hybridized carbons (Fsp3) is 0.286. The molecule has 4 aromatic rings. The molecule has 146 valence electrons. The summed E-state index contributed by atoms with van der Waals surface area (Å²) >= 11 is 3.36. The first kappa shape index (κ1) is 17.5. The Balaban J connectivity index is 1.31. The molecule has 1 aromatic carbocycles. The molecule has 29 heavy (non-hydrogen) atoms. The molecule has 6 rings (SSSR count). The smallest absolute Gasteiger partial charge is 0.172 e. The van der Waals surface area contributed by atoms with E-state index in [-0.39, 0.29) is 5.79 Å². The fourth-order valence-corrected chi connectivity index (χ4v) is 5.70. The summed E-state index contributed by atoms with van der Waals surface area (Å²) in [5.41, 5.74) is 5.18. The van der Waals surface area contributed by atoms with Crippen molar-refractivity contribution in [1.82, 2.24) is 15.0 Å². The SMILES string of the molecule is C1=C(c2cc3c(Nc4ccc5scnc5c4)ncnc3s2)CCC2(C1)OCCO2. The summed E-state index contributed by atoms with van der Waals surface area (Å²) in [4.78, 5) is 15.6. The lowest BCUT2D eigenvalue weighted by molar-refractivity contribution is -0.159. The van der Waals surface area contributed by atoms with Crippen molar-refractivity contribution in [3.8, 4) is 0 Å². The maximum absolute atomic E-state index is 5.83. The number of rotatable bonds is 3. The first-order valence-electron chi connectivity index (χ1n) is 9.60. The third-order valence-corrected chi connectivity index (χ3v) is 7.42. The van der Waals surface area contributed by atoms with Crippen LogP contribution in [0.5, 0.6) is 0 Å². The zero-order valence-corrected chi connectivity index (χ0v) is 17.2. The van der Waals surface area contributed by atoms with Gasteiger partial charge in [-0.3, -0.25) is 0 Å². The highest BCUT2D eigenvalue weighted by molar-refractivity contribution is 7.19. The summed E-state index contributed by atoms with van der Waals surface area (Å²) in [5, 5.41) is 4.49. The molecule has 1 aliphatic carbocycles. The number of benzene rings is 1. The molecule has 1 saturated heterocycles. The van der Waals surface area contributed by atoms with Crippen molar-refractivity contribution in [3.63, 3.8) is 0 Å². The number of fused-ring (bicyclic) bond motifs is 2. The van der Waals surface area contributed by atoms with Gasteiger partial charge in [-0.1, -0.05) is 6.08 Å². The zero-order chi connectivity index (χ0) is 19.3. The minimum absolute atomic E-state index is 0.388. The fourth-order valence-electron chi connectivity index (χ4n) is 3.98. The standard InChI is InChI=1S/C21H18N4O2S2/c1-2-17-16(24-12-28-17)9-14(1)25-19-15-10-18(29-20(15)23-11-22-19)13-3-5-21(6-4-13)26-7-8-27-21/h1-3,9-12H,4-8H2,(H,22,23,25). The Morgan fingerprint density at radius 1 is 1.07 bits per heavy atom. The Morgan fingerprint density at radius 2 is 2.00 bits per heavy atom. The van der Waals surface area contributed by atoms with Gasteiger partial charge in [-0.05, 0) is 36.3 Å². The van der Waals surface area contributed by atoms with E-state index in [2.05, 4.69) is 50.6 Å². The molecule has 0 unspecified atom stereocenters. The maximum Gasteiger partial charge on any atom is 0.172 e. The van der Waals surface area contributed by atoms with E-state index in [9.17, 15) is 0 Å². The summed E-state index contributed by atoms with van der Waals surface area (Å²) < 4.78 is 12.8. The van der Waals surface area contributed by atoms with Gasteiger partial charge in [-0.2, -0.15) is 0 Å². The zero-order valence-electron chi connectivity index (χ0n) is 15.6. The number of nitrogens with one attached hydrogen (secondary N) is 1. The topological polar surface area (TPSA) is 69.2 Å². The molecule has 8 heteroatoms. The van der Waals surface area contributed by atoms with E-state index in [0.717, 1.165) is 46.5 Å². The lowest BCUT2D eigenvalue weighted by Crippen LogP contribution is -2.31. The summed E-state index contributed by atoms with van der Waals surface area (Å²) in [6, 6.07) is 8.40. The largest absolute Gasteiger partial charge is 0.347 e. The molecular weight excluding hydrogens is 404 g/mol. The van der Waals surface area contributed by atoms with E-state index in [1.54, 1.807) is 29.0 Å². The third kappa shape index (κ3) is 3.12. The van der Waals surface area contributed by atoms with E-state index in [1.807, 2.05) is 5.51 Å². The van der Waals surface area contributed by atoms with Crippen molar-refractivity contribution >= 4 is 60.2 Å². The first-order chi connectivity index (χ1) is 14.3. The maximum atomic E-state index is 5.83. The molecule has 0 bridgehead atoms. The Morgan fingerprint density at radius 3 is 2.86 bits per heavy atom. The van der Waals surface area contributed by atoms with Gasteiger partial charge in [0.1, 0.15) is 17.0 Å². The van der Waals surface area contributed by atoms with Crippen LogP contribution >= 0.6 is 22.7 Å². The molecular formula is C21H18N4O2S2. The second-order valence-corrected chi connectivity index (χ2v) is 9.17. The van der Waals surface area contributed by atoms with Crippen molar-refractivity contribution in [2.24, 2.45) is 0 Å². The van der Waals surface area contributed by atoms with Crippen LogP contribution in [-0.4, -0.2) is 34.0 Å². The Hall–Kier alpha value is -2.39. The van der Waals surface area contributed by atoms with Crippen molar-refractivity contribution in [2.45, 2.75) is 25.0 Å². The molecule has 0 radical (unpaired) electrons. The van der Waals surface area contributed by atoms with Crippen LogP contribution in [0.25, 0.3) is 26.0 Å². The van der Waals surface area contributed by atoms with Gasteiger partial charge in [-0.15, -0.1) is 22.7 Å². The minimum Gasteiger partial charge on any atom is -0.347 e. The second-order valence-electron chi connectivity index (χ2n) is 7.25. The first-order valence-corrected chi connectivity index (χ1v) is 11.3. The molecule has 1 spiro atoms. The third-order valence-electron chi connectivity index (χ3n) is 5.49. The van der Waals surface area contributed by atoms with E-state index >= 15 is 0 Å². The molecule has 2 aliphatic rings. The lowest BCUT2D eigenvalue weighted by atomic mass is 9.93. The van der Waals surface area contributed by atoms with E-state index < -0.39 is 0 Å². The molecule has 1 N–H and O–H groups in total. The van der Waals surface area contributed by atoms with E-state index in [4.69, 9.17) is 9.47 Å². The van der Waals surface area contributed by atoms with Gasteiger partial charge in [0.25, 0.3) is 0 Å². The van der Waals surface area contributed by atoms with Crippen LogP contribution in [-0.2, 0) is 9.47 Å². The molecule has 6 nitrogen and oxygen atoms in total. The number of thiazole rings is 1. The Kier molecular flexibility index (Phi) is 4.12. The Labute approximate surface area is 175 Å². The highest BCUT2D eigenvalue weighted by Gasteiger charge is 2.37. The predicted octanol–water partition coefficient (Wildman–Crippen LogP) is 5.36. The summed E-state index contributed by atoms with van der Waals surface area (Å²) in [5.74, 6) is 0.434. The number of nitrogens with zero attached hydrogens (tertiary/aromatic N) is 3. The van der Waals surface area contributed by atoms with Crippen molar-refractivity contribution in [1.29, 1.82) is 0 Å². The normalized spacial score (nSPS) is 18.6. The molecule has 0 atom stereocenters. The molecule has 1 fully saturated rings. The van der Waals surface area contributed by atoms with Crippen LogP contribution in [0.15, 0.2) is 42.2 Å². The molecule has 4 heterocycles. The number of anilines is 2. The van der Waals surface area contributed by atoms with Crippen molar-refractivity contribution in [3.05, 3.63) is 47.1 Å². The van der Waals surface area contributed by atoms with Gasteiger partial charge in [-0.25, -0.2) is 15.0 Å². The van der Waals surface area contributed by atoms with Gasteiger partial charge in [0.15, 0.2) is 5.79 Å². The quantitative estimate of drug-likeness (QED) is 0.480. The van der Waals surface area contributed by atoms with Crippen LogP contribution < -0.4 is 5.32 Å². The second kappa shape index (κ2) is 6.84. The van der Waals surface area contributed by atoms with Crippen LogP contribution in [0.4, 0.5) is 11.5 Å². The summed E-state index contributed by atoms with van der Waals surface area (Å²) in [7, 11) is 0. The van der Waals surface area contributed by atoms with Crippen molar-refractivity contribution in [2.75, 3.05) is 18.5 Å². The van der Waals surface area contributed by atoms with Crippen LogP contribution in [0, 0.1) is 0 Å². The molecule has 1 aliphatic heterocycles. The highest BCUT2D eigenvalue weighted by atomic mass is 32.1. The number of hydrogen-bond acceptors (Lipinski definition) is 8. The molecule has 0 amide bonds. The predicted molar refractivity (Wildman–Crippen MR) is 117 cm³/mol. The van der Waals surface area contributed by atoms with Crippen LogP contribution in [0.1, 0.15) is 24.1 Å². The number of hydrogen-bond donors (Lipinski definition) is 1. The monoisotopic (exact) mass is 422 g/mol. The van der Waals surface area contributed by atoms with Gasteiger partial charge < -0.3 is 14.8 Å². The van der Waals surface area contributed by atoms with Crippen molar-refractivity contribution < 1.29 is 9.47 Å². The van der Waals surface area contributed by atoms with Gasteiger partial charge >= 0.3 is 0 Å². The van der Waals surface area contributed by atoms with E-state index in [0.29, 0.717) is 13.2 Å². The molecule has 0 saturated carbocycles. The average Bonchev–Trinajstić information content (AvgIpc) is 3.48. The van der Waals surface area contributed by atoms with Gasteiger partial charge in [0.05, 0.1) is 34.3 Å². The number of allylic oxidation sites excluding steroid dienone is 1. The number of thiophene rings is 1. The summed E-state index contributed by atoms with van der Waals surface area (Å²) in [6.45, 7) is 1.40. The molecule has 3 aromatic heterocycles. The lowest BCUT2D eigenvalue weighted by Gasteiger charge is -2.30. The summed E-state index contributed by atoms with van der Waals surface area (Å²) in [6.07, 6.45) is 6.54. The highest BCUT2D eigenvalue weighted by Crippen LogP contribution is 2.41. The number of ether oxygens (including phenoxy) is 2. The van der Waals surface area contributed by atoms with Crippen LogP contribution in [0.2, 0.25) is 0 Å². The van der Waals surface area contributed by atoms with Gasteiger partial charge in [0.2, 0.25) is 0 Å². The van der Waals surface area contributed by atoms with Crippen LogP contribution in [0.3, 0.4) is 0 Å². The Bertz CT molecular complexity index is 1240. The number of aromatic nitrogens is 3. The minimum atomic E-state index is -0.388.